The van der Waals surface area contributed by atoms with Crippen LogP contribution in [0.25, 0.3) is 0 Å². The smallest absolute Gasteiger partial charge is 0.321 e. The second-order valence-electron chi connectivity index (χ2n) is 3.53. The molecule has 0 bridgehead atoms. The van der Waals surface area contributed by atoms with Gasteiger partial charge < -0.3 is 10.8 Å². The average molecular weight is 188 g/mol. The Hall–Kier alpha value is -0.610. The fraction of sp³-hybridized carbons (Fsp3) is 0.889. The Labute approximate surface area is 79.7 Å². The van der Waals surface area contributed by atoms with Crippen LogP contribution in [0.15, 0.2) is 0 Å². The van der Waals surface area contributed by atoms with Crippen molar-refractivity contribution in [2.75, 3.05) is 13.1 Å². The molecule has 0 aliphatic heterocycles. The van der Waals surface area contributed by atoms with Gasteiger partial charge in [-0.25, -0.2) is 0 Å². The highest BCUT2D eigenvalue weighted by Crippen LogP contribution is 2.00. The molecule has 0 saturated heterocycles. The Morgan fingerprint density at radius 2 is 2.08 bits per heavy atom. The summed E-state index contributed by atoms with van der Waals surface area (Å²) in [6.07, 6.45) is 1.02. The summed E-state index contributed by atoms with van der Waals surface area (Å²) in [6.45, 7) is 7.50. The Kier molecular flexibility index (Phi) is 5.66. The first kappa shape index (κ1) is 12.4. The van der Waals surface area contributed by atoms with Crippen LogP contribution in [-0.4, -0.2) is 41.1 Å². The van der Waals surface area contributed by atoms with Crippen LogP contribution in [0.2, 0.25) is 0 Å². The minimum absolute atomic E-state index is 0.352. The van der Waals surface area contributed by atoms with Crippen molar-refractivity contribution in [3.05, 3.63) is 0 Å². The van der Waals surface area contributed by atoms with Gasteiger partial charge in [0.2, 0.25) is 0 Å². The highest BCUT2D eigenvalue weighted by Gasteiger charge is 2.17. The molecule has 78 valence electrons. The zero-order valence-corrected chi connectivity index (χ0v) is 8.66. The zero-order chi connectivity index (χ0) is 10.4. The molecule has 4 nitrogen and oxygen atoms in total. The van der Waals surface area contributed by atoms with Gasteiger partial charge in [-0.3, -0.25) is 9.69 Å². The van der Waals surface area contributed by atoms with Crippen LogP contribution in [0.4, 0.5) is 0 Å². The third-order valence-corrected chi connectivity index (χ3v) is 1.99. The van der Waals surface area contributed by atoms with E-state index in [0.29, 0.717) is 12.6 Å². The van der Waals surface area contributed by atoms with E-state index in [1.807, 2.05) is 13.8 Å². The van der Waals surface area contributed by atoms with Crippen LogP contribution in [0.1, 0.15) is 27.2 Å². The lowest BCUT2D eigenvalue weighted by molar-refractivity contribution is -0.139. The van der Waals surface area contributed by atoms with Crippen molar-refractivity contribution in [3.63, 3.8) is 0 Å². The molecule has 0 fully saturated rings. The van der Waals surface area contributed by atoms with Gasteiger partial charge in [0.25, 0.3) is 0 Å². The standard InChI is InChI=1S/C9H20N2O2/c1-4-5-11(7(2)3)6-8(10)9(12)13/h7-8H,4-6,10H2,1-3H3,(H,12,13). The number of nitrogens with zero attached hydrogens (tertiary/aromatic N) is 1. The predicted octanol–water partition coefficient (Wildman–Crippen LogP) is 0.519. The molecule has 1 unspecified atom stereocenters. The molecule has 0 aromatic heterocycles. The summed E-state index contributed by atoms with van der Waals surface area (Å²) >= 11 is 0. The molecular formula is C9H20N2O2. The van der Waals surface area contributed by atoms with Crippen molar-refractivity contribution < 1.29 is 9.90 Å². The first-order chi connectivity index (χ1) is 5.99. The third kappa shape index (κ3) is 4.85. The number of carboxylic acids is 1. The topological polar surface area (TPSA) is 66.6 Å². The van der Waals surface area contributed by atoms with Gasteiger partial charge in [0.1, 0.15) is 6.04 Å². The van der Waals surface area contributed by atoms with Gasteiger partial charge in [-0.05, 0) is 26.8 Å². The lowest BCUT2D eigenvalue weighted by Crippen LogP contribution is -2.45. The summed E-state index contributed by atoms with van der Waals surface area (Å²) in [7, 11) is 0. The Morgan fingerprint density at radius 1 is 1.54 bits per heavy atom. The SMILES string of the molecule is CCCN(CC(N)C(=O)O)C(C)C. The summed E-state index contributed by atoms with van der Waals surface area (Å²) in [5, 5.41) is 8.63. The van der Waals surface area contributed by atoms with E-state index in [-0.39, 0.29) is 0 Å². The summed E-state index contributed by atoms with van der Waals surface area (Å²) in [4.78, 5) is 12.6. The highest BCUT2D eigenvalue weighted by molar-refractivity contribution is 5.73. The molecule has 0 amide bonds. The van der Waals surface area contributed by atoms with Gasteiger partial charge in [-0.2, -0.15) is 0 Å². The van der Waals surface area contributed by atoms with Crippen molar-refractivity contribution in [2.24, 2.45) is 5.73 Å². The number of aliphatic carboxylic acids is 1. The van der Waals surface area contributed by atoms with Crippen molar-refractivity contribution in [1.29, 1.82) is 0 Å². The fourth-order valence-electron chi connectivity index (χ4n) is 1.18. The van der Waals surface area contributed by atoms with Crippen molar-refractivity contribution in [3.8, 4) is 0 Å². The van der Waals surface area contributed by atoms with Crippen LogP contribution in [0, 0.1) is 0 Å². The van der Waals surface area contributed by atoms with Gasteiger partial charge >= 0.3 is 5.97 Å². The van der Waals surface area contributed by atoms with E-state index in [0.717, 1.165) is 13.0 Å². The van der Waals surface area contributed by atoms with Gasteiger partial charge in [-0.1, -0.05) is 6.92 Å². The van der Waals surface area contributed by atoms with E-state index in [9.17, 15) is 4.79 Å². The number of carboxylic acid groups (broad SMARTS) is 1. The maximum absolute atomic E-state index is 10.5. The molecule has 13 heavy (non-hydrogen) atoms. The molecule has 0 heterocycles. The zero-order valence-electron chi connectivity index (χ0n) is 8.66. The molecule has 3 N–H and O–H groups in total. The third-order valence-electron chi connectivity index (χ3n) is 1.99. The first-order valence-corrected chi connectivity index (χ1v) is 4.71. The molecule has 0 aromatic carbocycles. The van der Waals surface area contributed by atoms with Gasteiger partial charge in [0, 0.05) is 12.6 Å². The number of hydrogen-bond acceptors (Lipinski definition) is 3. The Balaban J connectivity index is 4.01. The molecule has 0 saturated carbocycles. The molecule has 1 atom stereocenters. The quantitative estimate of drug-likeness (QED) is 0.637. The van der Waals surface area contributed by atoms with Crippen LogP contribution < -0.4 is 5.73 Å². The van der Waals surface area contributed by atoms with Gasteiger partial charge in [0.05, 0.1) is 0 Å². The summed E-state index contributed by atoms with van der Waals surface area (Å²) in [6, 6.07) is -0.417. The minimum Gasteiger partial charge on any atom is -0.480 e. The highest BCUT2D eigenvalue weighted by atomic mass is 16.4. The second-order valence-corrected chi connectivity index (χ2v) is 3.53. The minimum atomic E-state index is -0.929. The van der Waals surface area contributed by atoms with Crippen molar-refractivity contribution >= 4 is 5.97 Å². The molecular weight excluding hydrogens is 168 g/mol. The largest absolute Gasteiger partial charge is 0.480 e. The predicted molar refractivity (Wildman–Crippen MR) is 52.6 cm³/mol. The summed E-state index contributed by atoms with van der Waals surface area (Å²) < 4.78 is 0. The van der Waals surface area contributed by atoms with Crippen LogP contribution in [-0.2, 0) is 4.79 Å². The lowest BCUT2D eigenvalue weighted by Gasteiger charge is -2.27. The number of carbonyl (C=O) groups is 1. The van der Waals surface area contributed by atoms with Gasteiger partial charge in [0.15, 0.2) is 0 Å². The van der Waals surface area contributed by atoms with E-state index in [1.165, 1.54) is 0 Å². The first-order valence-electron chi connectivity index (χ1n) is 4.71. The van der Waals surface area contributed by atoms with E-state index in [1.54, 1.807) is 0 Å². The maximum atomic E-state index is 10.5. The Bertz CT molecular complexity index is 160. The second kappa shape index (κ2) is 5.94. The van der Waals surface area contributed by atoms with Crippen LogP contribution in [0.3, 0.4) is 0 Å². The molecule has 0 spiro atoms. The number of nitrogens with two attached hydrogens (primary N) is 1. The summed E-state index contributed by atoms with van der Waals surface area (Å²) in [5.41, 5.74) is 5.44. The molecule has 0 aliphatic carbocycles. The monoisotopic (exact) mass is 188 g/mol. The van der Waals surface area contributed by atoms with E-state index in [2.05, 4.69) is 11.8 Å². The van der Waals surface area contributed by atoms with Gasteiger partial charge in [-0.15, -0.1) is 0 Å². The average Bonchev–Trinajstić information content (AvgIpc) is 2.03. The Morgan fingerprint density at radius 3 is 2.38 bits per heavy atom. The van der Waals surface area contributed by atoms with E-state index in [4.69, 9.17) is 10.8 Å². The van der Waals surface area contributed by atoms with Crippen LogP contribution >= 0.6 is 0 Å². The number of rotatable bonds is 6. The number of hydrogen-bond donors (Lipinski definition) is 2. The molecule has 0 aromatic rings. The molecule has 0 rings (SSSR count). The van der Waals surface area contributed by atoms with Crippen molar-refractivity contribution in [1.82, 2.24) is 4.90 Å². The lowest BCUT2D eigenvalue weighted by atomic mass is 10.2. The maximum Gasteiger partial charge on any atom is 0.321 e. The normalized spacial score (nSPS) is 13.7. The molecule has 4 heteroatoms. The molecule has 0 radical (unpaired) electrons. The fourth-order valence-corrected chi connectivity index (χ4v) is 1.18. The van der Waals surface area contributed by atoms with E-state index >= 15 is 0 Å². The van der Waals surface area contributed by atoms with E-state index < -0.39 is 12.0 Å². The van der Waals surface area contributed by atoms with Crippen molar-refractivity contribution in [2.45, 2.75) is 39.3 Å². The summed E-state index contributed by atoms with van der Waals surface area (Å²) in [5.74, 6) is -0.929. The molecule has 0 aliphatic rings. The van der Waals surface area contributed by atoms with Crippen LogP contribution in [0.5, 0.6) is 0 Å².